The van der Waals surface area contributed by atoms with Crippen molar-refractivity contribution in [3.8, 4) is 0 Å². The Morgan fingerprint density at radius 3 is 2.61 bits per heavy atom. The van der Waals surface area contributed by atoms with E-state index in [1.165, 1.54) is 5.56 Å². The van der Waals surface area contributed by atoms with Crippen LogP contribution in [0, 0.1) is 0 Å². The van der Waals surface area contributed by atoms with Crippen LogP contribution >= 0.6 is 0 Å². The van der Waals surface area contributed by atoms with Crippen molar-refractivity contribution in [3.63, 3.8) is 0 Å². The van der Waals surface area contributed by atoms with Gasteiger partial charge in [-0.3, -0.25) is 4.90 Å². The van der Waals surface area contributed by atoms with E-state index in [4.69, 9.17) is 9.97 Å². The van der Waals surface area contributed by atoms with Gasteiger partial charge in [0.2, 0.25) is 5.95 Å². The molecule has 0 radical (unpaired) electrons. The van der Waals surface area contributed by atoms with Gasteiger partial charge in [0.25, 0.3) is 0 Å². The predicted octanol–water partition coefficient (Wildman–Crippen LogP) is 1.80. The lowest BCUT2D eigenvalue weighted by atomic mass is 9.76. The summed E-state index contributed by atoms with van der Waals surface area (Å²) in [5, 5.41) is 23.1. The van der Waals surface area contributed by atoms with Gasteiger partial charge < -0.3 is 20.3 Å². The highest BCUT2D eigenvalue weighted by atomic mass is 16.4. The summed E-state index contributed by atoms with van der Waals surface area (Å²) in [5.74, 6) is 1.52. The Balaban J connectivity index is 1.54. The number of fused-ring (bicyclic) bond motifs is 2. The molecule has 0 fully saturated rings. The number of benzene rings is 2. The Bertz CT molecular complexity index is 1110. The van der Waals surface area contributed by atoms with Gasteiger partial charge in [0.05, 0.1) is 5.69 Å². The summed E-state index contributed by atoms with van der Waals surface area (Å²) in [5.41, 5.74) is 5.83. The third-order valence-corrected chi connectivity index (χ3v) is 6.11. The van der Waals surface area contributed by atoms with Crippen molar-refractivity contribution in [3.05, 3.63) is 70.9 Å². The van der Waals surface area contributed by atoms with Gasteiger partial charge >= 0.3 is 7.12 Å². The Hall–Kier alpha value is -2.94. The van der Waals surface area contributed by atoms with Crippen molar-refractivity contribution < 1.29 is 10.0 Å². The van der Waals surface area contributed by atoms with Gasteiger partial charge in [-0.2, -0.15) is 4.98 Å². The van der Waals surface area contributed by atoms with Crippen LogP contribution in [0.15, 0.2) is 48.5 Å². The zero-order chi connectivity index (χ0) is 21.5. The van der Waals surface area contributed by atoms with Crippen LogP contribution in [-0.2, 0) is 26.1 Å². The summed E-state index contributed by atoms with van der Waals surface area (Å²) in [6.07, 6.45) is 0.719. The molecular formula is C23H26BN5O2. The van der Waals surface area contributed by atoms with Crippen LogP contribution in [0.25, 0.3) is 0 Å². The number of rotatable bonds is 5. The Morgan fingerprint density at radius 2 is 1.84 bits per heavy atom. The normalized spacial score (nSPS) is 17.5. The van der Waals surface area contributed by atoms with Gasteiger partial charge in [-0.25, -0.2) is 4.98 Å². The molecule has 3 aromatic rings. The molecule has 0 saturated carbocycles. The largest absolute Gasteiger partial charge is 0.488 e. The average Bonchev–Trinajstić information content (AvgIpc) is 3.30. The number of hydrogen-bond donors (Lipinski definition) is 3. The third kappa shape index (κ3) is 3.67. The van der Waals surface area contributed by atoms with Crippen molar-refractivity contribution >= 4 is 30.0 Å². The first-order chi connectivity index (χ1) is 15.0. The maximum Gasteiger partial charge on any atom is 0.488 e. The average molecular weight is 415 g/mol. The predicted molar refractivity (Wildman–Crippen MR) is 123 cm³/mol. The number of hydrogen-bond acceptors (Lipinski definition) is 7. The molecule has 1 unspecified atom stereocenters. The number of nitrogens with one attached hydrogen (secondary N) is 1. The Kier molecular flexibility index (Phi) is 5.13. The van der Waals surface area contributed by atoms with Crippen LogP contribution in [-0.4, -0.2) is 45.1 Å². The van der Waals surface area contributed by atoms with Crippen LogP contribution < -0.4 is 15.7 Å². The molecular weight excluding hydrogens is 389 g/mol. The first-order valence-electron chi connectivity index (χ1n) is 10.6. The maximum atomic E-state index is 9.80. The molecule has 1 atom stereocenters. The fraction of sp³-hybridized carbons (Fsp3) is 0.304. The highest BCUT2D eigenvalue weighted by Crippen LogP contribution is 2.38. The van der Waals surface area contributed by atoms with E-state index in [0.717, 1.165) is 47.8 Å². The van der Waals surface area contributed by atoms with Crippen LogP contribution in [0.5, 0.6) is 0 Å². The molecule has 2 aliphatic rings. The molecule has 1 aromatic heterocycles. The SMILES string of the molecule is CC1Cc2c(B(O)O)cccc2N1c1nc2c(c(NCc3ccccc3)n1)CN(C)C2. The summed E-state index contributed by atoms with van der Waals surface area (Å²) in [7, 11) is 0.602. The summed E-state index contributed by atoms with van der Waals surface area (Å²) in [6, 6.07) is 16.0. The zero-order valence-electron chi connectivity index (χ0n) is 17.8. The minimum absolute atomic E-state index is 0.119. The molecule has 2 aliphatic heterocycles. The fourth-order valence-electron chi connectivity index (χ4n) is 4.64. The smallest absolute Gasteiger partial charge is 0.423 e. The molecule has 0 bridgehead atoms. The van der Waals surface area contributed by atoms with Crippen LogP contribution in [0.2, 0.25) is 0 Å². The van der Waals surface area contributed by atoms with E-state index in [1.807, 2.05) is 30.3 Å². The molecule has 0 aliphatic carbocycles. The Morgan fingerprint density at radius 1 is 1.03 bits per heavy atom. The highest BCUT2D eigenvalue weighted by Gasteiger charge is 2.34. The number of nitrogens with zero attached hydrogens (tertiary/aromatic N) is 4. The van der Waals surface area contributed by atoms with Gasteiger partial charge in [0, 0.05) is 36.9 Å². The Labute approximate surface area is 182 Å². The minimum atomic E-state index is -1.49. The summed E-state index contributed by atoms with van der Waals surface area (Å²) in [6.45, 7) is 4.42. The summed E-state index contributed by atoms with van der Waals surface area (Å²) < 4.78 is 0. The molecule has 3 N–H and O–H groups in total. The highest BCUT2D eigenvalue weighted by molar-refractivity contribution is 6.59. The number of anilines is 3. The van der Waals surface area contributed by atoms with E-state index in [-0.39, 0.29) is 6.04 Å². The van der Waals surface area contributed by atoms with Gasteiger partial charge in [-0.05, 0) is 43.0 Å². The van der Waals surface area contributed by atoms with E-state index >= 15 is 0 Å². The standard InChI is InChI=1S/C23H26BN5O2/c1-15-11-17-19(24(30)31)9-6-10-21(17)29(15)23-26-20-14-28(2)13-18(20)22(27-23)25-12-16-7-4-3-5-8-16/h3-10,15,30-31H,11-14H2,1-2H3,(H,25,26,27). The lowest BCUT2D eigenvalue weighted by molar-refractivity contribution is 0.351. The monoisotopic (exact) mass is 415 g/mol. The third-order valence-electron chi connectivity index (χ3n) is 6.11. The fourth-order valence-corrected chi connectivity index (χ4v) is 4.64. The van der Waals surface area contributed by atoms with E-state index in [0.29, 0.717) is 18.0 Å². The molecule has 0 spiro atoms. The summed E-state index contributed by atoms with van der Waals surface area (Å²) >= 11 is 0. The van der Waals surface area contributed by atoms with E-state index in [1.54, 1.807) is 6.07 Å². The molecule has 31 heavy (non-hydrogen) atoms. The second-order valence-corrected chi connectivity index (χ2v) is 8.45. The van der Waals surface area contributed by atoms with Gasteiger partial charge in [-0.15, -0.1) is 0 Å². The lowest BCUT2D eigenvalue weighted by Gasteiger charge is -2.24. The second-order valence-electron chi connectivity index (χ2n) is 8.45. The lowest BCUT2D eigenvalue weighted by Crippen LogP contribution is -2.32. The first-order valence-corrected chi connectivity index (χ1v) is 10.6. The molecule has 2 aromatic carbocycles. The van der Waals surface area contributed by atoms with E-state index < -0.39 is 7.12 Å². The van der Waals surface area contributed by atoms with Crippen LogP contribution in [0.1, 0.15) is 29.3 Å². The van der Waals surface area contributed by atoms with Crippen molar-refractivity contribution in [2.24, 2.45) is 0 Å². The maximum absolute atomic E-state index is 9.80. The van der Waals surface area contributed by atoms with Gasteiger partial charge in [-0.1, -0.05) is 42.5 Å². The molecule has 5 rings (SSSR count). The van der Waals surface area contributed by atoms with Crippen molar-refractivity contribution in [2.75, 3.05) is 17.3 Å². The quantitative estimate of drug-likeness (QED) is 0.548. The van der Waals surface area contributed by atoms with Gasteiger partial charge in [0.15, 0.2) is 0 Å². The molecule has 8 heteroatoms. The second kappa shape index (κ2) is 7.96. The van der Waals surface area contributed by atoms with E-state index in [9.17, 15) is 10.0 Å². The van der Waals surface area contributed by atoms with Crippen molar-refractivity contribution in [1.29, 1.82) is 0 Å². The van der Waals surface area contributed by atoms with Crippen molar-refractivity contribution in [1.82, 2.24) is 14.9 Å². The van der Waals surface area contributed by atoms with Gasteiger partial charge in [0.1, 0.15) is 5.82 Å². The van der Waals surface area contributed by atoms with Crippen LogP contribution in [0.4, 0.5) is 17.5 Å². The van der Waals surface area contributed by atoms with E-state index in [2.05, 4.69) is 41.2 Å². The zero-order valence-corrected chi connectivity index (χ0v) is 17.8. The van der Waals surface area contributed by atoms with Crippen LogP contribution in [0.3, 0.4) is 0 Å². The molecule has 0 saturated heterocycles. The molecule has 0 amide bonds. The topological polar surface area (TPSA) is 84.8 Å². The van der Waals surface area contributed by atoms with Crippen molar-refractivity contribution in [2.45, 2.75) is 39.0 Å². The summed E-state index contributed by atoms with van der Waals surface area (Å²) in [4.78, 5) is 14.2. The first kappa shape index (κ1) is 20.0. The minimum Gasteiger partial charge on any atom is -0.423 e. The molecule has 7 nitrogen and oxygen atoms in total. The number of aromatic nitrogens is 2. The molecule has 158 valence electrons. The molecule has 3 heterocycles.